The summed E-state index contributed by atoms with van der Waals surface area (Å²) in [4.78, 5) is 36.8. The third-order valence-electron chi connectivity index (χ3n) is 3.44. The summed E-state index contributed by atoms with van der Waals surface area (Å²) in [6.45, 7) is 1.85. The quantitative estimate of drug-likeness (QED) is 0.472. The van der Waals surface area contributed by atoms with Gasteiger partial charge in [0.05, 0.1) is 30.6 Å². The van der Waals surface area contributed by atoms with E-state index in [1.165, 1.54) is 13.2 Å². The van der Waals surface area contributed by atoms with Gasteiger partial charge in [0.15, 0.2) is 0 Å². The van der Waals surface area contributed by atoms with Gasteiger partial charge in [-0.15, -0.1) is 0 Å². The Bertz CT molecular complexity index is 600. The molecule has 1 unspecified atom stereocenters. The first-order chi connectivity index (χ1) is 9.99. The van der Waals surface area contributed by atoms with Crippen molar-refractivity contribution in [1.29, 1.82) is 0 Å². The van der Waals surface area contributed by atoms with Gasteiger partial charge in [0, 0.05) is 0 Å². The number of amides is 2. The van der Waals surface area contributed by atoms with E-state index < -0.39 is 17.9 Å². The van der Waals surface area contributed by atoms with E-state index in [1.807, 2.05) is 6.92 Å². The van der Waals surface area contributed by atoms with Gasteiger partial charge in [0.25, 0.3) is 0 Å². The highest BCUT2D eigenvalue weighted by Gasteiger charge is 2.34. The summed E-state index contributed by atoms with van der Waals surface area (Å²) in [5.41, 5.74) is 6.90. The minimum Gasteiger partial charge on any atom is -0.465 e. The Kier molecular flexibility index (Phi) is 4.11. The molecule has 1 fully saturated rings. The Labute approximate surface area is 122 Å². The molecule has 2 rings (SSSR count). The fraction of sp³-hybridized carbons (Fsp3) is 0.357. The van der Waals surface area contributed by atoms with Crippen molar-refractivity contribution < 1.29 is 19.1 Å². The predicted molar refractivity (Wildman–Crippen MR) is 76.8 cm³/mol. The number of carbonyl (C=O) groups excluding carboxylic acids is 3. The molecule has 0 saturated carbocycles. The lowest BCUT2D eigenvalue weighted by atomic mass is 10.1. The summed E-state index contributed by atoms with van der Waals surface area (Å²) in [5.74, 6) is -1.32. The average molecular weight is 291 g/mol. The molecule has 1 aromatic rings. The van der Waals surface area contributed by atoms with Crippen LogP contribution in [-0.2, 0) is 14.3 Å². The summed E-state index contributed by atoms with van der Waals surface area (Å²) < 4.78 is 4.67. The molecule has 1 saturated heterocycles. The molecule has 3 N–H and O–H groups in total. The number of nitrogens with zero attached hydrogens (tertiary/aromatic N) is 1. The number of piperazine rings is 1. The maximum atomic E-state index is 11.9. The number of hydrogen-bond donors (Lipinski definition) is 2. The van der Waals surface area contributed by atoms with E-state index in [0.29, 0.717) is 12.1 Å². The standard InChI is InChI=1S/C14H17N3O4/c1-3-9-13(19)16-11(18)7-17(9)10-6-4-5-8(12(10)15)14(20)21-2/h4-6,9H,3,7,15H2,1-2H3,(H,16,18,19). The van der Waals surface area contributed by atoms with Gasteiger partial charge in [-0.1, -0.05) is 13.0 Å². The van der Waals surface area contributed by atoms with Crippen LogP contribution in [-0.4, -0.2) is 37.5 Å². The van der Waals surface area contributed by atoms with E-state index in [4.69, 9.17) is 5.73 Å². The summed E-state index contributed by atoms with van der Waals surface area (Å²) in [7, 11) is 1.27. The van der Waals surface area contributed by atoms with Crippen LogP contribution in [0.5, 0.6) is 0 Å². The van der Waals surface area contributed by atoms with Crippen LogP contribution in [0.25, 0.3) is 0 Å². The lowest BCUT2D eigenvalue weighted by Gasteiger charge is -2.36. The lowest BCUT2D eigenvalue weighted by molar-refractivity contribution is -0.132. The molecule has 7 nitrogen and oxygen atoms in total. The third-order valence-corrected chi connectivity index (χ3v) is 3.44. The van der Waals surface area contributed by atoms with E-state index in [1.54, 1.807) is 17.0 Å². The number of nitrogens with one attached hydrogen (secondary N) is 1. The fourth-order valence-corrected chi connectivity index (χ4v) is 2.42. The molecule has 1 aliphatic rings. The summed E-state index contributed by atoms with van der Waals surface area (Å²) in [5, 5.41) is 2.30. The second kappa shape index (κ2) is 5.82. The zero-order valence-corrected chi connectivity index (χ0v) is 11.9. The maximum Gasteiger partial charge on any atom is 0.340 e. The molecule has 1 aromatic carbocycles. The Balaban J connectivity index is 2.46. The van der Waals surface area contributed by atoms with Crippen molar-refractivity contribution in [1.82, 2.24) is 5.32 Å². The van der Waals surface area contributed by atoms with Gasteiger partial charge in [-0.05, 0) is 18.6 Å². The SMILES string of the molecule is CCC1C(=O)NC(=O)CN1c1cccc(C(=O)OC)c1N. The second-order valence-electron chi connectivity index (χ2n) is 4.69. The smallest absolute Gasteiger partial charge is 0.340 e. The van der Waals surface area contributed by atoms with Crippen molar-refractivity contribution in [3.8, 4) is 0 Å². The van der Waals surface area contributed by atoms with Crippen molar-refractivity contribution in [2.75, 3.05) is 24.3 Å². The Morgan fingerprint density at radius 1 is 1.48 bits per heavy atom. The van der Waals surface area contributed by atoms with E-state index in [2.05, 4.69) is 10.1 Å². The normalized spacial score (nSPS) is 18.4. The number of anilines is 2. The number of imide groups is 1. The fourth-order valence-electron chi connectivity index (χ4n) is 2.42. The van der Waals surface area contributed by atoms with E-state index >= 15 is 0 Å². The predicted octanol–water partition coefficient (Wildman–Crippen LogP) is 0.297. The lowest BCUT2D eigenvalue weighted by Crippen LogP contribution is -2.58. The molecule has 0 radical (unpaired) electrons. The number of nitrogen functional groups attached to an aromatic ring is 1. The zero-order chi connectivity index (χ0) is 15.6. The molecule has 7 heteroatoms. The first-order valence-electron chi connectivity index (χ1n) is 6.56. The zero-order valence-electron chi connectivity index (χ0n) is 11.9. The number of benzene rings is 1. The molecule has 1 aliphatic heterocycles. The minimum absolute atomic E-state index is 0.0130. The second-order valence-corrected chi connectivity index (χ2v) is 4.69. The topological polar surface area (TPSA) is 102 Å². The monoisotopic (exact) mass is 291 g/mol. The van der Waals surface area contributed by atoms with Crippen LogP contribution in [0.2, 0.25) is 0 Å². The molecular weight excluding hydrogens is 274 g/mol. The largest absolute Gasteiger partial charge is 0.465 e. The van der Waals surface area contributed by atoms with Crippen molar-refractivity contribution in [2.45, 2.75) is 19.4 Å². The van der Waals surface area contributed by atoms with Crippen LogP contribution < -0.4 is 16.0 Å². The van der Waals surface area contributed by atoms with Crippen LogP contribution >= 0.6 is 0 Å². The summed E-state index contributed by atoms with van der Waals surface area (Å²) in [6.07, 6.45) is 0.515. The first kappa shape index (κ1) is 14.8. The first-order valence-corrected chi connectivity index (χ1v) is 6.56. The molecular formula is C14H17N3O4. The minimum atomic E-state index is -0.560. The Morgan fingerprint density at radius 2 is 2.19 bits per heavy atom. The van der Waals surface area contributed by atoms with Gasteiger partial charge in [-0.25, -0.2) is 4.79 Å². The number of ether oxygens (including phenoxy) is 1. The molecule has 2 amide bonds. The van der Waals surface area contributed by atoms with Gasteiger partial charge in [-0.2, -0.15) is 0 Å². The van der Waals surface area contributed by atoms with Gasteiger partial charge < -0.3 is 15.4 Å². The van der Waals surface area contributed by atoms with Crippen molar-refractivity contribution >= 4 is 29.2 Å². The van der Waals surface area contributed by atoms with Crippen molar-refractivity contribution in [3.63, 3.8) is 0 Å². The molecule has 0 aliphatic carbocycles. The van der Waals surface area contributed by atoms with Crippen molar-refractivity contribution in [3.05, 3.63) is 23.8 Å². The van der Waals surface area contributed by atoms with Gasteiger partial charge in [0.2, 0.25) is 11.8 Å². The Hall–Kier alpha value is -2.57. The van der Waals surface area contributed by atoms with Crippen LogP contribution in [0.3, 0.4) is 0 Å². The molecule has 0 spiro atoms. The highest BCUT2D eigenvalue weighted by Crippen LogP contribution is 2.30. The van der Waals surface area contributed by atoms with Gasteiger partial charge >= 0.3 is 5.97 Å². The number of rotatable bonds is 3. The number of nitrogens with two attached hydrogens (primary N) is 1. The number of hydrogen-bond acceptors (Lipinski definition) is 6. The Morgan fingerprint density at radius 3 is 2.81 bits per heavy atom. The molecule has 112 valence electrons. The number of carbonyl (C=O) groups is 3. The van der Waals surface area contributed by atoms with Crippen LogP contribution in [0.15, 0.2) is 18.2 Å². The molecule has 1 heterocycles. The molecule has 0 aromatic heterocycles. The van der Waals surface area contributed by atoms with E-state index in [9.17, 15) is 14.4 Å². The third kappa shape index (κ3) is 2.67. The number of esters is 1. The van der Waals surface area contributed by atoms with E-state index in [0.717, 1.165) is 0 Å². The number of para-hydroxylation sites is 1. The summed E-state index contributed by atoms with van der Waals surface area (Å²) in [6, 6.07) is 4.35. The molecule has 0 bridgehead atoms. The van der Waals surface area contributed by atoms with Crippen LogP contribution in [0, 0.1) is 0 Å². The van der Waals surface area contributed by atoms with Gasteiger partial charge in [0.1, 0.15) is 6.04 Å². The van der Waals surface area contributed by atoms with E-state index in [-0.39, 0.29) is 23.7 Å². The highest BCUT2D eigenvalue weighted by molar-refractivity contribution is 6.06. The summed E-state index contributed by atoms with van der Waals surface area (Å²) >= 11 is 0. The van der Waals surface area contributed by atoms with Crippen LogP contribution in [0.1, 0.15) is 23.7 Å². The molecule has 1 atom stereocenters. The average Bonchev–Trinajstić information content (AvgIpc) is 2.46. The van der Waals surface area contributed by atoms with Gasteiger partial charge in [-0.3, -0.25) is 14.9 Å². The molecule has 21 heavy (non-hydrogen) atoms. The maximum absolute atomic E-state index is 11.9. The number of methoxy groups -OCH3 is 1. The van der Waals surface area contributed by atoms with Crippen molar-refractivity contribution in [2.24, 2.45) is 0 Å². The highest BCUT2D eigenvalue weighted by atomic mass is 16.5. The van der Waals surface area contributed by atoms with Crippen LogP contribution in [0.4, 0.5) is 11.4 Å².